The molecule has 0 aliphatic heterocycles. The SMILES string of the molecule is CC(=O)Nc1ccc([As]=O)c(C(=O)O)c1. The number of nitrogens with one attached hydrogen (secondary N) is 1. The Labute approximate surface area is 92.4 Å². The van der Waals surface area contributed by atoms with E-state index in [2.05, 4.69) is 5.32 Å². The number of hydrogen-bond donors (Lipinski definition) is 2. The van der Waals surface area contributed by atoms with Crippen molar-refractivity contribution in [2.24, 2.45) is 0 Å². The van der Waals surface area contributed by atoms with Gasteiger partial charge in [-0.2, -0.15) is 0 Å². The van der Waals surface area contributed by atoms with E-state index in [1.165, 1.54) is 25.1 Å². The van der Waals surface area contributed by atoms with Crippen molar-refractivity contribution in [3.8, 4) is 0 Å². The zero-order valence-corrected chi connectivity index (χ0v) is 9.73. The monoisotopic (exact) mass is 269 g/mol. The van der Waals surface area contributed by atoms with Crippen LogP contribution in [-0.2, 0) is 8.53 Å². The summed E-state index contributed by atoms with van der Waals surface area (Å²) in [6, 6.07) is 4.27. The van der Waals surface area contributed by atoms with Crippen molar-refractivity contribution in [2.75, 3.05) is 5.32 Å². The van der Waals surface area contributed by atoms with Crippen molar-refractivity contribution < 1.29 is 18.4 Å². The molecule has 0 bridgehead atoms. The molecule has 0 aliphatic rings. The van der Waals surface area contributed by atoms with E-state index in [1.54, 1.807) is 0 Å². The summed E-state index contributed by atoms with van der Waals surface area (Å²) in [4.78, 5) is 21.5. The minimum atomic E-state index is -1.39. The van der Waals surface area contributed by atoms with Gasteiger partial charge in [0.2, 0.25) is 0 Å². The minimum absolute atomic E-state index is 0.0312. The second-order valence-corrected chi connectivity index (χ2v) is 4.20. The fraction of sp³-hybridized carbons (Fsp3) is 0.111. The molecular weight excluding hydrogens is 261 g/mol. The maximum atomic E-state index is 10.8. The zero-order valence-electron chi connectivity index (χ0n) is 7.85. The van der Waals surface area contributed by atoms with Gasteiger partial charge in [-0.1, -0.05) is 0 Å². The maximum absolute atomic E-state index is 10.8. The van der Waals surface area contributed by atoms with E-state index in [1.807, 2.05) is 0 Å². The Bertz CT molecular complexity index is 430. The van der Waals surface area contributed by atoms with Crippen LogP contribution in [-0.4, -0.2) is 32.7 Å². The summed E-state index contributed by atoms with van der Waals surface area (Å²) >= 11 is -1.39. The Morgan fingerprint density at radius 2 is 2.07 bits per heavy atom. The number of carboxylic acids is 1. The van der Waals surface area contributed by atoms with Crippen molar-refractivity contribution in [3.63, 3.8) is 0 Å². The molecule has 0 spiro atoms. The summed E-state index contributed by atoms with van der Waals surface area (Å²) in [5.41, 5.74) is 0.356. The molecule has 0 saturated heterocycles. The topological polar surface area (TPSA) is 83.5 Å². The number of benzene rings is 1. The molecule has 5 nitrogen and oxygen atoms in total. The average Bonchev–Trinajstić information content (AvgIpc) is 2.16. The third-order valence-electron chi connectivity index (χ3n) is 1.65. The number of rotatable bonds is 3. The van der Waals surface area contributed by atoms with Gasteiger partial charge in [0, 0.05) is 0 Å². The molecule has 0 unspecified atom stereocenters. The quantitative estimate of drug-likeness (QED) is 0.757. The van der Waals surface area contributed by atoms with Gasteiger partial charge in [0.15, 0.2) is 0 Å². The van der Waals surface area contributed by atoms with Crippen molar-refractivity contribution in [3.05, 3.63) is 23.8 Å². The van der Waals surface area contributed by atoms with E-state index < -0.39 is 21.7 Å². The molecule has 1 rings (SSSR count). The van der Waals surface area contributed by atoms with Crippen LogP contribution in [0.2, 0.25) is 0 Å². The predicted octanol–water partition coefficient (Wildman–Crippen LogP) is 0.0182. The molecule has 2 N–H and O–H groups in total. The van der Waals surface area contributed by atoms with E-state index in [0.717, 1.165) is 0 Å². The first-order chi connectivity index (χ1) is 7.04. The van der Waals surface area contributed by atoms with Gasteiger partial charge >= 0.3 is 92.0 Å². The second kappa shape index (κ2) is 4.84. The summed E-state index contributed by atoms with van der Waals surface area (Å²) in [6.45, 7) is 1.33. The van der Waals surface area contributed by atoms with Gasteiger partial charge in [-0.3, -0.25) is 0 Å². The molecular formula is C9H8AsNO4. The molecule has 1 aromatic rings. The van der Waals surface area contributed by atoms with Gasteiger partial charge in [0.25, 0.3) is 0 Å². The van der Waals surface area contributed by atoms with Gasteiger partial charge < -0.3 is 0 Å². The van der Waals surface area contributed by atoms with Crippen LogP contribution in [0.15, 0.2) is 18.2 Å². The van der Waals surface area contributed by atoms with Crippen LogP contribution >= 0.6 is 0 Å². The number of carboxylic acid groups (broad SMARTS) is 1. The number of hydrogen-bond acceptors (Lipinski definition) is 3. The van der Waals surface area contributed by atoms with Gasteiger partial charge in [-0.25, -0.2) is 0 Å². The molecule has 0 fully saturated rings. The van der Waals surface area contributed by atoms with Crippen LogP contribution in [0, 0.1) is 0 Å². The zero-order chi connectivity index (χ0) is 11.4. The Balaban J connectivity index is 3.15. The first kappa shape index (κ1) is 11.6. The van der Waals surface area contributed by atoms with Crippen LogP contribution in [0.4, 0.5) is 5.69 Å². The number of anilines is 1. The summed E-state index contributed by atoms with van der Waals surface area (Å²) in [6.07, 6.45) is 0. The van der Waals surface area contributed by atoms with Gasteiger partial charge in [0.1, 0.15) is 0 Å². The van der Waals surface area contributed by atoms with Crippen LogP contribution in [0.25, 0.3) is 0 Å². The molecule has 0 atom stereocenters. The summed E-state index contributed by atoms with van der Waals surface area (Å²) in [7, 11) is 0. The van der Waals surface area contributed by atoms with Crippen LogP contribution in [0.3, 0.4) is 0 Å². The van der Waals surface area contributed by atoms with E-state index in [-0.39, 0.29) is 11.5 Å². The molecule has 0 aromatic heterocycles. The van der Waals surface area contributed by atoms with E-state index in [0.29, 0.717) is 10.0 Å². The van der Waals surface area contributed by atoms with Gasteiger partial charge in [-0.05, 0) is 0 Å². The van der Waals surface area contributed by atoms with Crippen LogP contribution in [0.1, 0.15) is 17.3 Å². The first-order valence-electron chi connectivity index (χ1n) is 4.03. The standard InChI is InChI=1S/C9H8AsNO4/c1-5(12)11-6-2-3-8(10-15)7(4-6)9(13)14/h2-4H,1H3,(H,11,12)(H,13,14). The molecule has 0 radical (unpaired) electrons. The number of aromatic carboxylic acids is 1. The summed E-state index contributed by atoms with van der Waals surface area (Å²) in [5, 5.41) is 11.3. The molecule has 1 aromatic carbocycles. The molecule has 0 saturated carbocycles. The van der Waals surface area contributed by atoms with Crippen LogP contribution in [0.5, 0.6) is 0 Å². The van der Waals surface area contributed by atoms with Crippen molar-refractivity contribution in [1.29, 1.82) is 0 Å². The predicted molar refractivity (Wildman–Crippen MR) is 53.8 cm³/mol. The van der Waals surface area contributed by atoms with Gasteiger partial charge in [0.05, 0.1) is 0 Å². The van der Waals surface area contributed by atoms with E-state index >= 15 is 0 Å². The molecule has 6 heteroatoms. The molecule has 0 aliphatic carbocycles. The van der Waals surface area contributed by atoms with Crippen molar-refractivity contribution in [1.82, 2.24) is 0 Å². The Morgan fingerprint density at radius 3 is 2.53 bits per heavy atom. The fourth-order valence-corrected chi connectivity index (χ4v) is 1.89. The van der Waals surface area contributed by atoms with E-state index in [9.17, 15) is 13.3 Å². The Morgan fingerprint density at radius 1 is 1.40 bits per heavy atom. The number of carbonyl (C=O) groups excluding carboxylic acids is 1. The molecule has 0 heterocycles. The third-order valence-corrected chi connectivity index (χ3v) is 2.88. The van der Waals surface area contributed by atoms with Crippen molar-refractivity contribution in [2.45, 2.75) is 6.92 Å². The normalized spacial score (nSPS) is 9.93. The fourth-order valence-electron chi connectivity index (χ4n) is 1.07. The number of carbonyl (C=O) groups is 2. The molecule has 1 amide bonds. The summed E-state index contributed by atoms with van der Waals surface area (Å²) in [5.74, 6) is -1.43. The number of amides is 1. The van der Waals surface area contributed by atoms with E-state index in [4.69, 9.17) is 5.11 Å². The van der Waals surface area contributed by atoms with Crippen molar-refractivity contribution >= 4 is 37.6 Å². The third kappa shape index (κ3) is 2.99. The molecule has 15 heavy (non-hydrogen) atoms. The molecule has 78 valence electrons. The Hall–Kier alpha value is -1.48. The van der Waals surface area contributed by atoms with Gasteiger partial charge in [-0.15, -0.1) is 0 Å². The first-order valence-corrected chi connectivity index (χ1v) is 5.73. The Kier molecular flexibility index (Phi) is 3.74. The average molecular weight is 269 g/mol. The summed E-state index contributed by atoms with van der Waals surface area (Å²) < 4.78 is 11.0. The second-order valence-electron chi connectivity index (χ2n) is 2.81. The van der Waals surface area contributed by atoms with Crippen LogP contribution < -0.4 is 9.67 Å².